The molecule has 5 heteroatoms. The maximum Gasteiger partial charge on any atom is 0.0701 e. The first kappa shape index (κ1) is 16.9. The topological polar surface area (TPSA) is 43.0 Å². The summed E-state index contributed by atoms with van der Waals surface area (Å²) in [5, 5.41) is 3.28. The lowest BCUT2D eigenvalue weighted by Gasteiger charge is -2.35. The van der Waals surface area contributed by atoms with Gasteiger partial charge in [-0.15, -0.1) is 0 Å². The summed E-state index contributed by atoms with van der Waals surface area (Å²) in [6.07, 6.45) is 3.98. The number of nitrogens with zero attached hydrogens (tertiary/aromatic N) is 1. The zero-order valence-corrected chi connectivity index (χ0v) is 12.5. The number of nitrogens with one attached hydrogen (secondary N) is 1. The average Bonchev–Trinajstić information content (AvgIpc) is 2.44. The Labute approximate surface area is 117 Å². The fourth-order valence-electron chi connectivity index (χ4n) is 2.47. The van der Waals surface area contributed by atoms with Gasteiger partial charge < -0.3 is 19.5 Å². The van der Waals surface area contributed by atoms with Crippen LogP contribution < -0.4 is 5.32 Å². The molecule has 1 saturated heterocycles. The minimum absolute atomic E-state index is 0.649. The number of hydrogen-bond donors (Lipinski definition) is 1. The molecule has 19 heavy (non-hydrogen) atoms. The van der Waals surface area contributed by atoms with E-state index >= 15 is 0 Å². The van der Waals surface area contributed by atoms with Crippen molar-refractivity contribution in [1.29, 1.82) is 0 Å². The van der Waals surface area contributed by atoms with E-state index in [4.69, 9.17) is 14.2 Å². The van der Waals surface area contributed by atoms with Crippen LogP contribution in [0.3, 0.4) is 0 Å². The van der Waals surface area contributed by atoms with E-state index in [1.165, 1.54) is 25.8 Å². The SMILES string of the molecule is CNCC1CCCCN1CCOCCOCCOC. The molecular formula is C14H30N2O3. The normalized spacial score (nSPS) is 20.8. The van der Waals surface area contributed by atoms with Gasteiger partial charge in [0.25, 0.3) is 0 Å². The van der Waals surface area contributed by atoms with Crippen LogP contribution in [0.1, 0.15) is 19.3 Å². The van der Waals surface area contributed by atoms with Crippen LogP contribution in [0.25, 0.3) is 0 Å². The minimum Gasteiger partial charge on any atom is -0.382 e. The zero-order chi connectivity index (χ0) is 13.8. The fraction of sp³-hybridized carbons (Fsp3) is 1.00. The minimum atomic E-state index is 0.649. The second kappa shape index (κ2) is 11.6. The van der Waals surface area contributed by atoms with Gasteiger partial charge in [-0.3, -0.25) is 4.90 Å². The lowest BCUT2D eigenvalue weighted by Crippen LogP contribution is -2.46. The van der Waals surface area contributed by atoms with Crippen LogP contribution in [0.2, 0.25) is 0 Å². The van der Waals surface area contributed by atoms with E-state index in [1.807, 2.05) is 7.05 Å². The van der Waals surface area contributed by atoms with Gasteiger partial charge >= 0.3 is 0 Å². The van der Waals surface area contributed by atoms with Gasteiger partial charge in [0.1, 0.15) is 0 Å². The van der Waals surface area contributed by atoms with Crippen LogP contribution in [0.5, 0.6) is 0 Å². The van der Waals surface area contributed by atoms with Crippen molar-refractivity contribution in [2.24, 2.45) is 0 Å². The van der Waals surface area contributed by atoms with E-state index in [-0.39, 0.29) is 0 Å². The van der Waals surface area contributed by atoms with Crippen LogP contribution in [0.15, 0.2) is 0 Å². The lowest BCUT2D eigenvalue weighted by molar-refractivity contribution is 0.0139. The van der Waals surface area contributed by atoms with Gasteiger partial charge in [0.2, 0.25) is 0 Å². The largest absolute Gasteiger partial charge is 0.382 e. The highest BCUT2D eigenvalue weighted by Crippen LogP contribution is 2.15. The Hall–Kier alpha value is -0.200. The molecule has 1 heterocycles. The first-order chi connectivity index (χ1) is 9.38. The second-order valence-electron chi connectivity index (χ2n) is 4.96. The zero-order valence-electron chi connectivity index (χ0n) is 12.5. The van der Waals surface area contributed by atoms with Gasteiger partial charge in [-0.05, 0) is 26.4 Å². The summed E-state index contributed by atoms with van der Waals surface area (Å²) in [5.74, 6) is 0. The van der Waals surface area contributed by atoms with Crippen molar-refractivity contribution in [2.45, 2.75) is 25.3 Å². The molecule has 1 rings (SSSR count). The third-order valence-electron chi connectivity index (χ3n) is 3.52. The Bertz CT molecular complexity index is 203. The van der Waals surface area contributed by atoms with Gasteiger partial charge in [-0.1, -0.05) is 6.42 Å². The van der Waals surface area contributed by atoms with Gasteiger partial charge in [0.05, 0.1) is 33.0 Å². The van der Waals surface area contributed by atoms with Crippen molar-refractivity contribution in [3.8, 4) is 0 Å². The molecule has 0 aromatic carbocycles. The van der Waals surface area contributed by atoms with Gasteiger partial charge in [-0.25, -0.2) is 0 Å². The van der Waals surface area contributed by atoms with E-state index < -0.39 is 0 Å². The Morgan fingerprint density at radius 1 is 1.05 bits per heavy atom. The van der Waals surface area contributed by atoms with Gasteiger partial charge in [-0.2, -0.15) is 0 Å². The lowest BCUT2D eigenvalue weighted by atomic mass is 10.0. The number of piperidine rings is 1. The van der Waals surface area contributed by atoms with E-state index in [0.29, 0.717) is 32.5 Å². The summed E-state index contributed by atoms with van der Waals surface area (Å²) in [7, 11) is 3.71. The van der Waals surface area contributed by atoms with Crippen molar-refractivity contribution < 1.29 is 14.2 Å². The highest BCUT2D eigenvalue weighted by molar-refractivity contribution is 4.78. The van der Waals surface area contributed by atoms with E-state index in [0.717, 1.165) is 19.7 Å². The molecule has 0 radical (unpaired) electrons. The average molecular weight is 274 g/mol. The molecule has 0 aliphatic carbocycles. The van der Waals surface area contributed by atoms with Crippen LogP contribution in [0, 0.1) is 0 Å². The van der Waals surface area contributed by atoms with Crippen LogP contribution >= 0.6 is 0 Å². The van der Waals surface area contributed by atoms with E-state index in [2.05, 4.69) is 10.2 Å². The molecule has 0 spiro atoms. The first-order valence-electron chi connectivity index (χ1n) is 7.41. The summed E-state index contributed by atoms with van der Waals surface area (Å²) in [6.45, 7) is 6.76. The molecule has 1 fully saturated rings. The predicted molar refractivity (Wildman–Crippen MR) is 76.7 cm³/mol. The molecule has 1 atom stereocenters. The number of likely N-dealkylation sites (N-methyl/N-ethyl adjacent to an activating group) is 1. The van der Waals surface area contributed by atoms with Crippen molar-refractivity contribution in [3.63, 3.8) is 0 Å². The van der Waals surface area contributed by atoms with Gasteiger partial charge in [0.15, 0.2) is 0 Å². The fourth-order valence-corrected chi connectivity index (χ4v) is 2.47. The van der Waals surface area contributed by atoms with E-state index in [9.17, 15) is 0 Å². The van der Waals surface area contributed by atoms with Crippen molar-refractivity contribution in [3.05, 3.63) is 0 Å². The Kier molecular flexibility index (Phi) is 10.3. The molecule has 0 amide bonds. The molecule has 114 valence electrons. The quantitative estimate of drug-likeness (QED) is 0.563. The second-order valence-corrected chi connectivity index (χ2v) is 4.96. The molecule has 1 N–H and O–H groups in total. The molecular weight excluding hydrogens is 244 g/mol. The van der Waals surface area contributed by atoms with Crippen molar-refractivity contribution >= 4 is 0 Å². The summed E-state index contributed by atoms with van der Waals surface area (Å²) in [5.41, 5.74) is 0. The summed E-state index contributed by atoms with van der Waals surface area (Å²) in [4.78, 5) is 2.55. The van der Waals surface area contributed by atoms with Crippen LogP contribution in [-0.4, -0.2) is 77.8 Å². The molecule has 0 aromatic rings. The third kappa shape index (κ3) is 7.84. The summed E-state index contributed by atoms with van der Waals surface area (Å²) in [6, 6.07) is 0.681. The molecule has 0 aromatic heterocycles. The summed E-state index contributed by atoms with van der Waals surface area (Å²) >= 11 is 0. The standard InChI is InChI=1S/C14H30N2O3/c1-15-13-14-5-3-4-6-16(14)7-8-18-11-12-19-10-9-17-2/h14-15H,3-13H2,1-2H3. The number of rotatable bonds is 11. The van der Waals surface area contributed by atoms with E-state index in [1.54, 1.807) is 7.11 Å². The van der Waals surface area contributed by atoms with Gasteiger partial charge in [0, 0.05) is 26.2 Å². The Morgan fingerprint density at radius 3 is 2.53 bits per heavy atom. The number of ether oxygens (including phenoxy) is 3. The predicted octanol–water partition coefficient (Wildman–Crippen LogP) is 0.740. The Balaban J connectivity index is 1.97. The molecule has 1 aliphatic heterocycles. The van der Waals surface area contributed by atoms with Crippen molar-refractivity contribution in [2.75, 3.05) is 66.8 Å². The molecule has 0 bridgehead atoms. The smallest absolute Gasteiger partial charge is 0.0701 e. The van der Waals surface area contributed by atoms with Crippen LogP contribution in [-0.2, 0) is 14.2 Å². The van der Waals surface area contributed by atoms with Crippen LogP contribution in [0.4, 0.5) is 0 Å². The number of methoxy groups -OCH3 is 1. The maximum atomic E-state index is 5.62. The third-order valence-corrected chi connectivity index (χ3v) is 3.52. The highest BCUT2D eigenvalue weighted by Gasteiger charge is 2.20. The molecule has 1 unspecified atom stereocenters. The molecule has 1 aliphatic rings. The Morgan fingerprint density at radius 2 is 1.79 bits per heavy atom. The maximum absolute atomic E-state index is 5.62. The van der Waals surface area contributed by atoms with Crippen molar-refractivity contribution in [1.82, 2.24) is 10.2 Å². The monoisotopic (exact) mass is 274 g/mol. The number of hydrogen-bond acceptors (Lipinski definition) is 5. The number of likely N-dealkylation sites (tertiary alicyclic amines) is 1. The molecule has 0 saturated carbocycles. The summed E-state index contributed by atoms with van der Waals surface area (Å²) < 4.78 is 15.9. The first-order valence-corrected chi connectivity index (χ1v) is 7.41. The molecule has 5 nitrogen and oxygen atoms in total. The highest BCUT2D eigenvalue weighted by atomic mass is 16.5.